The summed E-state index contributed by atoms with van der Waals surface area (Å²) in [7, 11) is 3.64. The van der Waals surface area contributed by atoms with Crippen LogP contribution in [0, 0.1) is 5.92 Å². The van der Waals surface area contributed by atoms with Crippen LogP contribution in [-0.2, 0) is 0 Å². The van der Waals surface area contributed by atoms with Crippen LogP contribution in [0.3, 0.4) is 0 Å². The summed E-state index contributed by atoms with van der Waals surface area (Å²) in [5, 5.41) is 0. The molecule has 13 heavy (non-hydrogen) atoms. The third kappa shape index (κ3) is 2.90. The highest BCUT2D eigenvalue weighted by Crippen LogP contribution is 2.28. The topological polar surface area (TPSA) is 23.6 Å². The summed E-state index contributed by atoms with van der Waals surface area (Å²) in [6.45, 7) is 5.19. The first-order chi connectivity index (χ1) is 6.02. The van der Waals surface area contributed by atoms with E-state index in [-0.39, 0.29) is 6.03 Å². The quantitative estimate of drug-likeness (QED) is 0.656. The normalized spacial score (nSPS) is 16.1. The smallest absolute Gasteiger partial charge is 0.319 e. The van der Waals surface area contributed by atoms with Crippen LogP contribution in [0.25, 0.3) is 0 Å². The van der Waals surface area contributed by atoms with Crippen molar-refractivity contribution in [2.75, 3.05) is 20.6 Å². The largest absolute Gasteiger partial charge is 0.331 e. The average molecular weight is 184 g/mol. The number of carbonyl (C=O) groups excluding carboxylic acids is 1. The molecule has 0 radical (unpaired) electrons. The molecule has 0 bridgehead atoms. The van der Waals surface area contributed by atoms with Gasteiger partial charge in [-0.1, -0.05) is 13.8 Å². The van der Waals surface area contributed by atoms with Crippen LogP contribution in [-0.4, -0.2) is 42.5 Å². The van der Waals surface area contributed by atoms with Crippen LogP contribution in [0.15, 0.2) is 0 Å². The van der Waals surface area contributed by atoms with Crippen molar-refractivity contribution in [2.45, 2.75) is 32.7 Å². The minimum Gasteiger partial charge on any atom is -0.331 e. The van der Waals surface area contributed by atoms with Gasteiger partial charge in [-0.25, -0.2) is 4.79 Å². The standard InChI is InChI=1S/C10H20N2O/c1-8(2)7-12(9-5-6-9)10(13)11(3)4/h8-9H,5-7H2,1-4H3. The Kier molecular flexibility index (Phi) is 3.17. The molecule has 0 spiro atoms. The molecule has 1 rings (SSSR count). The Morgan fingerprint density at radius 3 is 2.23 bits per heavy atom. The fourth-order valence-electron chi connectivity index (χ4n) is 1.42. The minimum atomic E-state index is 0.163. The molecule has 0 saturated heterocycles. The molecule has 1 fully saturated rings. The maximum atomic E-state index is 11.7. The van der Waals surface area contributed by atoms with Gasteiger partial charge in [0.1, 0.15) is 0 Å². The summed E-state index contributed by atoms with van der Waals surface area (Å²) in [4.78, 5) is 15.4. The molecule has 76 valence electrons. The van der Waals surface area contributed by atoms with E-state index in [0.717, 1.165) is 6.54 Å². The fraction of sp³-hybridized carbons (Fsp3) is 0.900. The first kappa shape index (κ1) is 10.4. The molecule has 3 heteroatoms. The van der Waals surface area contributed by atoms with Crippen molar-refractivity contribution in [1.82, 2.24) is 9.80 Å². The van der Waals surface area contributed by atoms with Gasteiger partial charge < -0.3 is 9.80 Å². The average Bonchev–Trinajstić information content (AvgIpc) is 2.80. The zero-order chi connectivity index (χ0) is 10.0. The molecule has 0 aromatic rings. The van der Waals surface area contributed by atoms with Crippen molar-refractivity contribution in [1.29, 1.82) is 0 Å². The number of rotatable bonds is 3. The Morgan fingerprint density at radius 2 is 1.92 bits per heavy atom. The number of nitrogens with zero attached hydrogens (tertiary/aromatic N) is 2. The maximum Gasteiger partial charge on any atom is 0.319 e. The second-order valence-corrected chi connectivity index (χ2v) is 4.45. The third-order valence-corrected chi connectivity index (χ3v) is 2.18. The lowest BCUT2D eigenvalue weighted by Gasteiger charge is -2.27. The highest BCUT2D eigenvalue weighted by molar-refractivity contribution is 5.74. The van der Waals surface area contributed by atoms with Crippen LogP contribution in [0.5, 0.6) is 0 Å². The van der Waals surface area contributed by atoms with Gasteiger partial charge in [-0.15, -0.1) is 0 Å². The Labute approximate surface area is 80.7 Å². The summed E-state index contributed by atoms with van der Waals surface area (Å²) >= 11 is 0. The molecule has 1 aliphatic carbocycles. The number of hydrogen-bond donors (Lipinski definition) is 0. The third-order valence-electron chi connectivity index (χ3n) is 2.18. The molecule has 0 atom stereocenters. The summed E-state index contributed by atoms with van der Waals surface area (Å²) in [5.74, 6) is 0.560. The van der Waals surface area contributed by atoms with Crippen molar-refractivity contribution in [3.05, 3.63) is 0 Å². The Balaban J connectivity index is 2.51. The fourth-order valence-corrected chi connectivity index (χ4v) is 1.42. The van der Waals surface area contributed by atoms with Crippen LogP contribution in [0.1, 0.15) is 26.7 Å². The van der Waals surface area contributed by atoms with Crippen molar-refractivity contribution in [2.24, 2.45) is 5.92 Å². The molecule has 1 saturated carbocycles. The summed E-state index contributed by atoms with van der Waals surface area (Å²) in [6, 6.07) is 0.688. The van der Waals surface area contributed by atoms with Crippen LogP contribution in [0.4, 0.5) is 4.79 Å². The molecule has 0 aliphatic heterocycles. The van der Waals surface area contributed by atoms with E-state index in [1.807, 2.05) is 19.0 Å². The van der Waals surface area contributed by atoms with Gasteiger partial charge in [-0.05, 0) is 18.8 Å². The molecular formula is C10H20N2O. The monoisotopic (exact) mass is 184 g/mol. The lowest BCUT2D eigenvalue weighted by molar-refractivity contribution is 0.161. The lowest BCUT2D eigenvalue weighted by atomic mass is 10.2. The predicted octanol–water partition coefficient (Wildman–Crippen LogP) is 1.79. The molecule has 0 aromatic carbocycles. The minimum absolute atomic E-state index is 0.163. The van der Waals surface area contributed by atoms with E-state index in [4.69, 9.17) is 0 Å². The SMILES string of the molecule is CC(C)CN(C(=O)N(C)C)C1CC1. The van der Waals surface area contributed by atoms with Gasteiger partial charge in [0, 0.05) is 26.7 Å². The summed E-state index contributed by atoms with van der Waals surface area (Å²) in [6.07, 6.45) is 2.37. The number of carbonyl (C=O) groups is 1. The van der Waals surface area contributed by atoms with Crippen LogP contribution in [0.2, 0.25) is 0 Å². The van der Waals surface area contributed by atoms with Crippen molar-refractivity contribution in [3.63, 3.8) is 0 Å². The number of urea groups is 1. The second-order valence-electron chi connectivity index (χ2n) is 4.45. The molecule has 2 amide bonds. The first-order valence-corrected chi connectivity index (χ1v) is 5.00. The van der Waals surface area contributed by atoms with Gasteiger partial charge in [0.25, 0.3) is 0 Å². The Bertz CT molecular complexity index is 185. The van der Waals surface area contributed by atoms with E-state index in [1.54, 1.807) is 4.90 Å². The number of amides is 2. The van der Waals surface area contributed by atoms with E-state index in [0.29, 0.717) is 12.0 Å². The van der Waals surface area contributed by atoms with Crippen LogP contribution < -0.4 is 0 Å². The zero-order valence-corrected chi connectivity index (χ0v) is 9.08. The molecule has 3 nitrogen and oxygen atoms in total. The van der Waals surface area contributed by atoms with Gasteiger partial charge in [-0.2, -0.15) is 0 Å². The summed E-state index contributed by atoms with van der Waals surface area (Å²) < 4.78 is 0. The number of hydrogen-bond acceptors (Lipinski definition) is 1. The van der Waals surface area contributed by atoms with E-state index in [9.17, 15) is 4.79 Å². The van der Waals surface area contributed by atoms with Crippen molar-refractivity contribution >= 4 is 6.03 Å². The maximum absolute atomic E-state index is 11.7. The van der Waals surface area contributed by atoms with E-state index < -0.39 is 0 Å². The lowest BCUT2D eigenvalue weighted by Crippen LogP contribution is -2.42. The highest BCUT2D eigenvalue weighted by atomic mass is 16.2. The summed E-state index contributed by atoms with van der Waals surface area (Å²) in [5.41, 5.74) is 0. The van der Waals surface area contributed by atoms with Crippen molar-refractivity contribution < 1.29 is 4.79 Å². The first-order valence-electron chi connectivity index (χ1n) is 5.00. The van der Waals surface area contributed by atoms with Crippen molar-refractivity contribution in [3.8, 4) is 0 Å². The van der Waals surface area contributed by atoms with Gasteiger partial charge in [0.2, 0.25) is 0 Å². The van der Waals surface area contributed by atoms with Gasteiger partial charge in [-0.3, -0.25) is 0 Å². The second kappa shape index (κ2) is 3.99. The highest BCUT2D eigenvalue weighted by Gasteiger charge is 2.33. The molecule has 1 aliphatic rings. The zero-order valence-electron chi connectivity index (χ0n) is 9.08. The van der Waals surface area contributed by atoms with E-state index in [2.05, 4.69) is 13.8 Å². The van der Waals surface area contributed by atoms with Gasteiger partial charge in [0.05, 0.1) is 0 Å². The molecule has 0 aromatic heterocycles. The Hall–Kier alpha value is -0.730. The van der Waals surface area contributed by atoms with E-state index >= 15 is 0 Å². The van der Waals surface area contributed by atoms with E-state index in [1.165, 1.54) is 12.8 Å². The van der Waals surface area contributed by atoms with Gasteiger partial charge >= 0.3 is 6.03 Å². The molecule has 0 N–H and O–H groups in total. The molecule has 0 unspecified atom stereocenters. The van der Waals surface area contributed by atoms with Gasteiger partial charge in [0.15, 0.2) is 0 Å². The van der Waals surface area contributed by atoms with Crippen LogP contribution >= 0.6 is 0 Å². The molecule has 0 heterocycles. The Morgan fingerprint density at radius 1 is 1.38 bits per heavy atom. The predicted molar refractivity (Wildman–Crippen MR) is 53.6 cm³/mol. The molecular weight excluding hydrogens is 164 g/mol.